The Kier molecular flexibility index (Phi) is 11.1. The Labute approximate surface area is 197 Å². The van der Waals surface area contributed by atoms with Crippen LogP contribution in [0.15, 0.2) is 18.2 Å². The Morgan fingerprint density at radius 3 is 2.12 bits per heavy atom. The zero-order valence-corrected chi connectivity index (χ0v) is 20.1. The van der Waals surface area contributed by atoms with Gasteiger partial charge in [-0.2, -0.15) is 0 Å². The molecule has 0 aliphatic rings. The zero-order chi connectivity index (χ0) is 25.9. The second kappa shape index (κ2) is 13.2. The highest BCUT2D eigenvalue weighted by Gasteiger charge is 2.24. The van der Waals surface area contributed by atoms with Crippen LogP contribution in [-0.2, 0) is 34.9 Å². The van der Waals surface area contributed by atoms with Crippen LogP contribution in [0.1, 0.15) is 39.7 Å². The molecule has 0 saturated carbocycles. The van der Waals surface area contributed by atoms with E-state index in [4.69, 9.17) is 29.4 Å². The summed E-state index contributed by atoms with van der Waals surface area (Å²) in [6.45, 7) is 6.67. The van der Waals surface area contributed by atoms with Crippen molar-refractivity contribution < 1.29 is 52.3 Å². The molecule has 1 aromatic rings. The number of hydrogen-bond donors (Lipinski definition) is 1. The van der Waals surface area contributed by atoms with E-state index < -0.39 is 42.2 Å². The van der Waals surface area contributed by atoms with E-state index in [9.17, 15) is 19.2 Å². The Morgan fingerprint density at radius 1 is 0.971 bits per heavy atom. The van der Waals surface area contributed by atoms with Crippen molar-refractivity contribution in [2.45, 2.75) is 58.3 Å². The maximum atomic E-state index is 12.3. The molecule has 0 radical (unpaired) electrons. The largest absolute Gasteiger partial charge is 0.513 e. The number of methoxy groups -OCH3 is 2. The summed E-state index contributed by atoms with van der Waals surface area (Å²) in [5.41, 5.74) is 5.72. The van der Waals surface area contributed by atoms with Crippen molar-refractivity contribution in [2.24, 2.45) is 5.73 Å². The Bertz CT molecular complexity index is 868. The minimum atomic E-state index is -1.09. The molecule has 0 bridgehead atoms. The third-order valence-electron chi connectivity index (χ3n) is 4.45. The van der Waals surface area contributed by atoms with Gasteiger partial charge in [0, 0.05) is 0 Å². The molecule has 1 aromatic carbocycles. The van der Waals surface area contributed by atoms with Crippen molar-refractivity contribution in [3.63, 3.8) is 0 Å². The van der Waals surface area contributed by atoms with E-state index in [1.165, 1.54) is 25.1 Å². The highest BCUT2D eigenvalue weighted by atomic mass is 16.7. The third kappa shape index (κ3) is 9.94. The van der Waals surface area contributed by atoms with Gasteiger partial charge in [-0.15, -0.1) is 0 Å². The van der Waals surface area contributed by atoms with Crippen LogP contribution in [0.3, 0.4) is 0 Å². The normalized spacial score (nSPS) is 12.6. The fraction of sp³-hybridized carbons (Fsp3) is 0.545. The predicted octanol–water partition coefficient (Wildman–Crippen LogP) is 3.12. The molecule has 12 nitrogen and oxygen atoms in total. The number of ether oxygens (including phenoxy) is 7. The van der Waals surface area contributed by atoms with Crippen molar-refractivity contribution >= 4 is 24.4 Å². The van der Waals surface area contributed by atoms with E-state index in [0.29, 0.717) is 12.0 Å². The quantitative estimate of drug-likeness (QED) is 0.293. The molecule has 0 amide bonds. The standard InChI is InChI=1S/C22H31NO11/c1-7-22(3,4)34-21(27)30-12-13(2)31-18(24)15(23)10-14-8-9-16(32-19(25)28-5)17(11-14)33-20(26)29-6/h8-9,11,13,15H,7,10,12,23H2,1-6H3/t13-,15-/m0/s1. The molecule has 1 rings (SSSR count). The van der Waals surface area contributed by atoms with Gasteiger partial charge in [-0.25, -0.2) is 14.4 Å². The lowest BCUT2D eigenvalue weighted by molar-refractivity contribution is -0.152. The van der Waals surface area contributed by atoms with Crippen molar-refractivity contribution in [2.75, 3.05) is 20.8 Å². The van der Waals surface area contributed by atoms with E-state index in [2.05, 4.69) is 9.47 Å². The summed E-state index contributed by atoms with van der Waals surface area (Å²) in [5, 5.41) is 0. The van der Waals surface area contributed by atoms with Crippen LogP contribution in [0.2, 0.25) is 0 Å². The lowest BCUT2D eigenvalue weighted by Crippen LogP contribution is -2.37. The van der Waals surface area contributed by atoms with Crippen molar-refractivity contribution in [1.29, 1.82) is 0 Å². The van der Waals surface area contributed by atoms with Gasteiger partial charge in [-0.1, -0.05) is 13.0 Å². The number of esters is 1. The van der Waals surface area contributed by atoms with Gasteiger partial charge in [0.25, 0.3) is 0 Å². The van der Waals surface area contributed by atoms with Gasteiger partial charge in [0.15, 0.2) is 11.5 Å². The van der Waals surface area contributed by atoms with Gasteiger partial charge >= 0.3 is 24.4 Å². The molecule has 12 heteroatoms. The zero-order valence-electron chi connectivity index (χ0n) is 20.1. The summed E-state index contributed by atoms with van der Waals surface area (Å²) < 4.78 is 34.1. The number of carbonyl (C=O) groups is 4. The van der Waals surface area contributed by atoms with Crippen LogP contribution in [0.4, 0.5) is 14.4 Å². The molecule has 0 aliphatic carbocycles. The fourth-order valence-corrected chi connectivity index (χ4v) is 2.28. The first-order valence-corrected chi connectivity index (χ1v) is 10.4. The number of nitrogens with two attached hydrogens (primary N) is 1. The first-order chi connectivity index (χ1) is 15.9. The average Bonchev–Trinajstić information content (AvgIpc) is 2.78. The van der Waals surface area contributed by atoms with Crippen LogP contribution in [-0.4, -0.2) is 63.0 Å². The highest BCUT2D eigenvalue weighted by Crippen LogP contribution is 2.30. The SMILES string of the molecule is CCC(C)(C)OC(=O)OC[C@H](C)OC(=O)[C@@H](N)Cc1ccc(OC(=O)OC)c(OC(=O)OC)c1. The van der Waals surface area contributed by atoms with Crippen molar-refractivity contribution in [1.82, 2.24) is 0 Å². The molecule has 0 aromatic heterocycles. The van der Waals surface area contributed by atoms with Crippen LogP contribution < -0.4 is 15.2 Å². The molecule has 0 saturated heterocycles. The summed E-state index contributed by atoms with van der Waals surface area (Å²) in [7, 11) is 2.22. The molecule has 0 spiro atoms. The summed E-state index contributed by atoms with van der Waals surface area (Å²) in [4.78, 5) is 46.9. The van der Waals surface area contributed by atoms with Gasteiger partial charge in [0.1, 0.15) is 24.4 Å². The van der Waals surface area contributed by atoms with Crippen molar-refractivity contribution in [3.05, 3.63) is 23.8 Å². The molecule has 34 heavy (non-hydrogen) atoms. The van der Waals surface area contributed by atoms with E-state index in [-0.39, 0.29) is 24.5 Å². The van der Waals surface area contributed by atoms with Crippen LogP contribution >= 0.6 is 0 Å². The molecule has 0 fully saturated rings. The van der Waals surface area contributed by atoms with Crippen LogP contribution in [0.25, 0.3) is 0 Å². The summed E-state index contributed by atoms with van der Waals surface area (Å²) in [6.07, 6.45) is -3.12. The molecular formula is C22H31NO11. The van der Waals surface area contributed by atoms with Crippen LogP contribution in [0, 0.1) is 0 Å². The third-order valence-corrected chi connectivity index (χ3v) is 4.45. The first kappa shape index (κ1) is 28.5. The fourth-order valence-electron chi connectivity index (χ4n) is 2.28. The summed E-state index contributed by atoms with van der Waals surface area (Å²) in [6, 6.07) is 3.10. The number of carbonyl (C=O) groups excluding carboxylic acids is 4. The number of benzene rings is 1. The second-order valence-corrected chi connectivity index (χ2v) is 7.73. The highest BCUT2D eigenvalue weighted by molar-refractivity contribution is 5.76. The van der Waals surface area contributed by atoms with E-state index in [1.54, 1.807) is 13.8 Å². The maximum Gasteiger partial charge on any atom is 0.513 e. The molecule has 190 valence electrons. The predicted molar refractivity (Wildman–Crippen MR) is 117 cm³/mol. The van der Waals surface area contributed by atoms with Gasteiger partial charge in [-0.05, 0) is 51.3 Å². The lowest BCUT2D eigenvalue weighted by atomic mass is 10.1. The lowest BCUT2D eigenvalue weighted by Gasteiger charge is -2.23. The summed E-state index contributed by atoms with van der Waals surface area (Å²) >= 11 is 0. The second-order valence-electron chi connectivity index (χ2n) is 7.73. The molecule has 2 atom stereocenters. The number of hydrogen-bond acceptors (Lipinski definition) is 12. The Hall–Kier alpha value is -3.54. The Balaban J connectivity index is 2.72. The van der Waals surface area contributed by atoms with Crippen molar-refractivity contribution in [3.8, 4) is 11.5 Å². The average molecular weight is 485 g/mol. The monoisotopic (exact) mass is 485 g/mol. The topological polar surface area (TPSA) is 159 Å². The van der Waals surface area contributed by atoms with E-state index in [0.717, 1.165) is 14.2 Å². The molecule has 0 unspecified atom stereocenters. The van der Waals surface area contributed by atoms with E-state index >= 15 is 0 Å². The van der Waals surface area contributed by atoms with Gasteiger partial charge < -0.3 is 38.9 Å². The minimum absolute atomic E-state index is 0.00478. The number of rotatable bonds is 10. The molecule has 0 aliphatic heterocycles. The van der Waals surface area contributed by atoms with E-state index in [1.807, 2.05) is 6.92 Å². The molecular weight excluding hydrogens is 454 g/mol. The molecule has 0 heterocycles. The first-order valence-electron chi connectivity index (χ1n) is 10.4. The van der Waals surface area contributed by atoms with Gasteiger partial charge in [-0.3, -0.25) is 4.79 Å². The summed E-state index contributed by atoms with van der Waals surface area (Å²) in [5.74, 6) is -1.00. The minimum Gasteiger partial charge on any atom is -0.458 e. The maximum absolute atomic E-state index is 12.3. The smallest absolute Gasteiger partial charge is 0.458 e. The Morgan fingerprint density at radius 2 is 1.56 bits per heavy atom. The van der Waals surface area contributed by atoms with Gasteiger partial charge in [0.05, 0.1) is 14.2 Å². The molecule has 2 N–H and O–H groups in total. The van der Waals surface area contributed by atoms with Crippen LogP contribution in [0.5, 0.6) is 11.5 Å². The van der Waals surface area contributed by atoms with Gasteiger partial charge in [0.2, 0.25) is 0 Å².